The summed E-state index contributed by atoms with van der Waals surface area (Å²) in [6, 6.07) is 5.61. The van der Waals surface area contributed by atoms with Crippen molar-refractivity contribution < 1.29 is 5.11 Å². The van der Waals surface area contributed by atoms with E-state index in [2.05, 4.69) is 26.4 Å². The third-order valence-electron chi connectivity index (χ3n) is 2.18. The van der Waals surface area contributed by atoms with Gasteiger partial charge in [0.2, 0.25) is 0 Å². The quantitative estimate of drug-likeness (QED) is 0.756. The molecule has 1 heterocycles. The van der Waals surface area contributed by atoms with Gasteiger partial charge < -0.3 is 5.11 Å². The Morgan fingerprint density at radius 1 is 1.47 bits per heavy atom. The molecule has 0 amide bonds. The first-order valence-electron chi connectivity index (χ1n) is 4.29. The molecule has 0 bridgehead atoms. The van der Waals surface area contributed by atoms with E-state index in [1.807, 2.05) is 25.1 Å². The van der Waals surface area contributed by atoms with Crippen LogP contribution >= 0.6 is 15.9 Å². The molecule has 7 heteroatoms. The lowest BCUT2D eigenvalue weighted by Crippen LogP contribution is -2.42. The van der Waals surface area contributed by atoms with Gasteiger partial charge >= 0.3 is 0 Å². The van der Waals surface area contributed by atoms with Crippen molar-refractivity contribution in [1.29, 1.82) is 0 Å². The highest BCUT2D eigenvalue weighted by Gasteiger charge is 2.27. The Balaban J connectivity index is 2.39. The molecule has 0 saturated carbocycles. The number of aliphatic hydroxyl groups excluding tert-OH is 1. The van der Waals surface area contributed by atoms with Gasteiger partial charge in [-0.15, -0.1) is 0 Å². The van der Waals surface area contributed by atoms with E-state index in [1.54, 1.807) is 0 Å². The monoisotopic (exact) mass is 271 g/mol. The summed E-state index contributed by atoms with van der Waals surface area (Å²) in [5, 5.41) is 19.2. The predicted molar refractivity (Wildman–Crippen MR) is 58.2 cm³/mol. The fourth-order valence-electron chi connectivity index (χ4n) is 1.31. The first-order chi connectivity index (χ1) is 7.11. The summed E-state index contributed by atoms with van der Waals surface area (Å²) in [5.41, 5.74) is 1.72. The highest BCUT2D eigenvalue weighted by Crippen LogP contribution is 2.30. The summed E-state index contributed by atoms with van der Waals surface area (Å²) < 4.78 is 0.942. The van der Waals surface area contributed by atoms with Crippen LogP contribution in [0.1, 0.15) is 5.56 Å². The van der Waals surface area contributed by atoms with E-state index in [1.165, 1.54) is 5.01 Å². The Bertz CT molecular complexity index is 410. The fraction of sp³-hybridized carbons (Fsp3) is 0.250. The van der Waals surface area contributed by atoms with Gasteiger partial charge in [0.15, 0.2) is 0 Å². The minimum atomic E-state index is -1.06. The van der Waals surface area contributed by atoms with Crippen molar-refractivity contribution in [3.63, 3.8) is 0 Å². The Labute approximate surface area is 95.0 Å². The maximum atomic E-state index is 9.65. The zero-order valence-corrected chi connectivity index (χ0v) is 9.59. The number of hydrogen-bond donors (Lipinski definition) is 2. The second-order valence-electron chi connectivity index (χ2n) is 3.13. The molecule has 1 aliphatic heterocycles. The zero-order chi connectivity index (χ0) is 11.0. The van der Waals surface area contributed by atoms with Gasteiger partial charge in [-0.2, -0.15) is 10.1 Å². The molecule has 2 rings (SSSR count). The van der Waals surface area contributed by atoms with Gasteiger partial charge in [0.25, 0.3) is 6.35 Å². The van der Waals surface area contributed by atoms with Gasteiger partial charge in [-0.05, 0) is 35.1 Å². The van der Waals surface area contributed by atoms with Gasteiger partial charge in [-0.1, -0.05) is 22.0 Å². The average Bonchev–Trinajstić information content (AvgIpc) is 2.53. The standard InChI is InChI=1S/C8H10BrN5O/c1-5-6(9)3-2-4-7(5)13-8(15)14(10)12-11-13/h2-4,8,15H,10H2,1H3. The number of hydrazine groups is 1. The maximum absolute atomic E-state index is 9.65. The predicted octanol–water partition coefficient (Wildman–Crippen LogP) is 1.31. The first kappa shape index (κ1) is 10.3. The molecule has 0 aromatic heterocycles. The smallest absolute Gasteiger partial charge is 0.260 e. The summed E-state index contributed by atoms with van der Waals surface area (Å²) >= 11 is 3.40. The van der Waals surface area contributed by atoms with E-state index in [4.69, 9.17) is 5.84 Å². The number of nitrogens with zero attached hydrogens (tertiary/aromatic N) is 4. The molecular weight excluding hydrogens is 262 g/mol. The first-order valence-corrected chi connectivity index (χ1v) is 5.08. The normalized spacial score (nSPS) is 20.1. The second-order valence-corrected chi connectivity index (χ2v) is 3.99. The minimum Gasteiger partial charge on any atom is -0.353 e. The Hall–Kier alpha value is -1.18. The molecule has 80 valence electrons. The van der Waals surface area contributed by atoms with Crippen LogP contribution in [-0.4, -0.2) is 16.6 Å². The molecule has 1 atom stereocenters. The van der Waals surface area contributed by atoms with Crippen LogP contribution < -0.4 is 10.9 Å². The van der Waals surface area contributed by atoms with Crippen LogP contribution in [0.15, 0.2) is 33.1 Å². The lowest BCUT2D eigenvalue weighted by atomic mass is 10.2. The Kier molecular flexibility index (Phi) is 2.59. The van der Waals surface area contributed by atoms with Crippen molar-refractivity contribution >= 4 is 21.6 Å². The van der Waals surface area contributed by atoms with Crippen LogP contribution in [0.25, 0.3) is 0 Å². The van der Waals surface area contributed by atoms with Crippen LogP contribution in [0.5, 0.6) is 0 Å². The fourth-order valence-corrected chi connectivity index (χ4v) is 1.67. The third-order valence-corrected chi connectivity index (χ3v) is 3.04. The number of rotatable bonds is 1. The second kappa shape index (κ2) is 3.76. The molecule has 0 saturated heterocycles. The van der Waals surface area contributed by atoms with E-state index in [0.717, 1.165) is 20.8 Å². The number of benzene rings is 1. The molecular formula is C8H10BrN5O. The van der Waals surface area contributed by atoms with Crippen LogP contribution in [0, 0.1) is 6.92 Å². The third kappa shape index (κ3) is 1.69. The topological polar surface area (TPSA) is 77.5 Å². The van der Waals surface area contributed by atoms with Gasteiger partial charge in [-0.25, -0.2) is 5.84 Å². The van der Waals surface area contributed by atoms with Gasteiger partial charge in [0.1, 0.15) is 0 Å². The van der Waals surface area contributed by atoms with Crippen molar-refractivity contribution in [2.75, 3.05) is 5.01 Å². The molecule has 3 N–H and O–H groups in total. The van der Waals surface area contributed by atoms with Crippen molar-refractivity contribution in [1.82, 2.24) is 5.12 Å². The molecule has 0 radical (unpaired) electrons. The van der Waals surface area contributed by atoms with Crippen molar-refractivity contribution in [2.45, 2.75) is 13.3 Å². The zero-order valence-electron chi connectivity index (χ0n) is 8.00. The number of nitrogens with two attached hydrogens (primary N) is 1. The summed E-state index contributed by atoms with van der Waals surface area (Å²) in [6.45, 7) is 1.92. The molecule has 0 spiro atoms. The van der Waals surface area contributed by atoms with E-state index in [0.29, 0.717) is 0 Å². The Morgan fingerprint density at radius 2 is 2.20 bits per heavy atom. The number of hydrogen-bond acceptors (Lipinski definition) is 6. The molecule has 0 fully saturated rings. The molecule has 1 aromatic rings. The summed E-state index contributed by atoms with van der Waals surface area (Å²) in [6.07, 6.45) is -1.06. The van der Waals surface area contributed by atoms with Crippen molar-refractivity contribution in [3.8, 4) is 0 Å². The van der Waals surface area contributed by atoms with Crippen LogP contribution in [0.2, 0.25) is 0 Å². The summed E-state index contributed by atoms with van der Waals surface area (Å²) in [7, 11) is 0. The lowest BCUT2D eigenvalue weighted by Gasteiger charge is -2.21. The van der Waals surface area contributed by atoms with Gasteiger partial charge in [-0.3, -0.25) is 0 Å². The van der Waals surface area contributed by atoms with E-state index < -0.39 is 6.35 Å². The number of anilines is 1. The molecule has 1 aromatic carbocycles. The Morgan fingerprint density at radius 3 is 2.80 bits per heavy atom. The number of aliphatic hydroxyl groups is 1. The highest BCUT2D eigenvalue weighted by atomic mass is 79.9. The number of halogens is 1. The molecule has 6 nitrogen and oxygen atoms in total. The molecule has 0 aliphatic carbocycles. The van der Waals surface area contributed by atoms with Crippen molar-refractivity contribution in [2.24, 2.45) is 16.3 Å². The van der Waals surface area contributed by atoms with Gasteiger partial charge in [0.05, 0.1) is 5.69 Å². The molecule has 1 aliphatic rings. The van der Waals surface area contributed by atoms with Gasteiger partial charge in [0, 0.05) is 4.47 Å². The van der Waals surface area contributed by atoms with Crippen LogP contribution in [0.4, 0.5) is 5.69 Å². The maximum Gasteiger partial charge on any atom is 0.260 e. The lowest BCUT2D eigenvalue weighted by molar-refractivity contribution is 0.0259. The molecule has 1 unspecified atom stereocenters. The average molecular weight is 272 g/mol. The highest BCUT2D eigenvalue weighted by molar-refractivity contribution is 9.10. The SMILES string of the molecule is Cc1c(Br)cccc1N1N=NN(N)C1O. The van der Waals surface area contributed by atoms with Crippen molar-refractivity contribution in [3.05, 3.63) is 28.2 Å². The largest absolute Gasteiger partial charge is 0.353 e. The molecule has 15 heavy (non-hydrogen) atoms. The van der Waals surface area contributed by atoms with E-state index in [-0.39, 0.29) is 0 Å². The van der Waals surface area contributed by atoms with Crippen LogP contribution in [-0.2, 0) is 0 Å². The summed E-state index contributed by atoms with van der Waals surface area (Å²) in [4.78, 5) is 0. The minimum absolute atomic E-state index is 0.758. The van der Waals surface area contributed by atoms with E-state index >= 15 is 0 Å². The summed E-state index contributed by atoms with van der Waals surface area (Å²) in [5.74, 6) is 5.36. The van der Waals surface area contributed by atoms with E-state index in [9.17, 15) is 5.11 Å². The van der Waals surface area contributed by atoms with Crippen LogP contribution in [0.3, 0.4) is 0 Å².